The van der Waals surface area contributed by atoms with Crippen LogP contribution < -0.4 is 10.8 Å². The van der Waals surface area contributed by atoms with Crippen molar-refractivity contribution in [2.75, 3.05) is 5.32 Å². The summed E-state index contributed by atoms with van der Waals surface area (Å²) in [5, 5.41) is 4.41. The minimum atomic E-state index is 0.674. The zero-order chi connectivity index (χ0) is 14.4. The lowest BCUT2D eigenvalue weighted by Gasteiger charge is -2.08. The van der Waals surface area contributed by atoms with Gasteiger partial charge in [0.2, 0.25) is 0 Å². The normalized spacial score (nSPS) is 12.6. The van der Waals surface area contributed by atoms with Crippen LogP contribution in [0.5, 0.6) is 0 Å². The fourth-order valence-electron chi connectivity index (χ4n) is 1.91. The molecule has 0 aliphatic carbocycles. The highest BCUT2D eigenvalue weighted by atomic mass is 14.9. The number of anilines is 1. The zero-order valence-corrected chi connectivity index (χ0v) is 11.8. The average molecular weight is 260 g/mol. The first-order valence-electron chi connectivity index (χ1n) is 6.61. The van der Waals surface area contributed by atoms with Crippen LogP contribution in [0.2, 0.25) is 0 Å². The van der Waals surface area contributed by atoms with Crippen molar-refractivity contribution >= 4 is 29.9 Å². The molecule has 1 heterocycles. The summed E-state index contributed by atoms with van der Waals surface area (Å²) in [4.78, 5) is 4.29. The number of aromatic nitrogens is 1. The molecule has 0 atom stereocenters. The Kier molecular flexibility index (Phi) is 4.77. The van der Waals surface area contributed by atoms with Crippen molar-refractivity contribution in [3.05, 3.63) is 66.5 Å². The fourth-order valence-corrected chi connectivity index (χ4v) is 1.91. The molecule has 98 valence electrons. The van der Waals surface area contributed by atoms with E-state index in [0.717, 1.165) is 22.3 Å². The monoisotopic (exact) mass is 260 g/mol. The largest absolute Gasteiger partial charge is 0.356 e. The van der Waals surface area contributed by atoms with E-state index in [9.17, 15) is 0 Å². The highest BCUT2D eigenvalue weighted by molar-refractivity contribution is 6.32. The maximum atomic E-state index is 5.77. The van der Waals surface area contributed by atoms with Crippen LogP contribution in [0.4, 0.5) is 5.69 Å². The van der Waals surface area contributed by atoms with Gasteiger partial charge in [-0.2, -0.15) is 0 Å². The van der Waals surface area contributed by atoms with Gasteiger partial charge in [-0.15, -0.1) is 0 Å². The molecule has 0 unspecified atom stereocenters. The molecule has 1 aromatic carbocycles. The Labute approximate surface area is 121 Å². The smallest absolute Gasteiger partial charge is 0.115 e. The predicted molar refractivity (Wildman–Crippen MR) is 88.5 cm³/mol. The third kappa shape index (κ3) is 3.61. The molecular formula is C17H17BN2. The van der Waals surface area contributed by atoms with E-state index < -0.39 is 0 Å². The van der Waals surface area contributed by atoms with E-state index in [1.54, 1.807) is 6.20 Å². The summed E-state index contributed by atoms with van der Waals surface area (Å²) >= 11 is 0. The Morgan fingerprint density at radius 1 is 1.20 bits per heavy atom. The van der Waals surface area contributed by atoms with Crippen LogP contribution in [0.15, 0.2) is 66.5 Å². The second-order valence-corrected chi connectivity index (χ2v) is 4.45. The van der Waals surface area contributed by atoms with Crippen LogP contribution in [0.3, 0.4) is 0 Å². The maximum absolute atomic E-state index is 5.77. The minimum Gasteiger partial charge on any atom is -0.356 e. The van der Waals surface area contributed by atoms with Crippen LogP contribution in [-0.4, -0.2) is 12.8 Å². The highest BCUT2D eigenvalue weighted by Crippen LogP contribution is 2.18. The van der Waals surface area contributed by atoms with Crippen molar-refractivity contribution in [1.82, 2.24) is 4.98 Å². The summed E-state index contributed by atoms with van der Waals surface area (Å²) in [5.41, 5.74) is 3.66. The van der Waals surface area contributed by atoms with E-state index in [4.69, 9.17) is 7.85 Å². The molecule has 2 rings (SSSR count). The molecule has 1 aromatic heterocycles. The molecule has 0 bridgehead atoms. The van der Waals surface area contributed by atoms with Crippen LogP contribution in [0.1, 0.15) is 13.8 Å². The van der Waals surface area contributed by atoms with Gasteiger partial charge in [-0.3, -0.25) is 4.98 Å². The first-order chi connectivity index (χ1) is 9.72. The predicted octanol–water partition coefficient (Wildman–Crippen LogP) is 3.48. The van der Waals surface area contributed by atoms with Crippen molar-refractivity contribution in [1.29, 1.82) is 0 Å². The molecule has 0 saturated carbocycles. The van der Waals surface area contributed by atoms with E-state index in [1.807, 2.05) is 68.5 Å². The quantitative estimate of drug-likeness (QED) is 0.672. The SMILES string of the molecule is [B]c1cnc2ccc(NC(/C=C/C)=C/C=C\C)cc2c1. The Morgan fingerprint density at radius 2 is 2.05 bits per heavy atom. The molecule has 0 aliphatic heterocycles. The van der Waals surface area contributed by atoms with E-state index >= 15 is 0 Å². The van der Waals surface area contributed by atoms with Crippen LogP contribution >= 0.6 is 0 Å². The van der Waals surface area contributed by atoms with Gasteiger partial charge in [0.1, 0.15) is 7.85 Å². The molecule has 0 spiro atoms. The number of benzene rings is 1. The number of nitrogens with one attached hydrogen (secondary N) is 1. The van der Waals surface area contributed by atoms with Gasteiger partial charge >= 0.3 is 0 Å². The molecule has 0 fully saturated rings. The summed E-state index contributed by atoms with van der Waals surface area (Å²) in [6.45, 7) is 3.99. The summed E-state index contributed by atoms with van der Waals surface area (Å²) in [6.07, 6.45) is 11.7. The lowest BCUT2D eigenvalue weighted by atomic mass is 9.97. The Morgan fingerprint density at radius 3 is 2.80 bits per heavy atom. The van der Waals surface area contributed by atoms with E-state index in [0.29, 0.717) is 5.46 Å². The number of pyridine rings is 1. The molecule has 1 N–H and O–H groups in total. The highest BCUT2D eigenvalue weighted by Gasteiger charge is 1.99. The first-order valence-corrected chi connectivity index (χ1v) is 6.61. The number of hydrogen-bond donors (Lipinski definition) is 1. The van der Waals surface area contributed by atoms with Gasteiger partial charge in [-0.25, -0.2) is 0 Å². The minimum absolute atomic E-state index is 0.674. The van der Waals surface area contributed by atoms with Gasteiger partial charge in [0.05, 0.1) is 5.52 Å². The summed E-state index contributed by atoms with van der Waals surface area (Å²) in [5.74, 6) is 0. The summed E-state index contributed by atoms with van der Waals surface area (Å²) in [6, 6.07) is 7.97. The van der Waals surface area contributed by atoms with Crippen molar-refractivity contribution < 1.29 is 0 Å². The number of rotatable bonds is 4. The van der Waals surface area contributed by atoms with Gasteiger partial charge in [-0.1, -0.05) is 29.8 Å². The molecule has 2 nitrogen and oxygen atoms in total. The Bertz CT molecular complexity index is 684. The van der Waals surface area contributed by atoms with Crippen LogP contribution in [0, 0.1) is 0 Å². The van der Waals surface area contributed by atoms with Gasteiger partial charge < -0.3 is 5.32 Å². The Balaban J connectivity index is 2.32. The fraction of sp³-hybridized carbons (Fsp3) is 0.118. The van der Waals surface area contributed by atoms with Crippen molar-refractivity contribution in [2.24, 2.45) is 0 Å². The number of hydrogen-bond acceptors (Lipinski definition) is 2. The molecular weight excluding hydrogens is 243 g/mol. The number of nitrogens with zero attached hydrogens (tertiary/aromatic N) is 1. The van der Waals surface area contributed by atoms with E-state index in [2.05, 4.69) is 10.3 Å². The molecule has 2 aromatic rings. The van der Waals surface area contributed by atoms with Gasteiger partial charge in [-0.05, 0) is 44.2 Å². The average Bonchev–Trinajstić information content (AvgIpc) is 2.44. The van der Waals surface area contributed by atoms with Crippen molar-refractivity contribution in [3.8, 4) is 0 Å². The number of fused-ring (bicyclic) bond motifs is 1. The lowest BCUT2D eigenvalue weighted by molar-refractivity contribution is 1.42. The third-order valence-corrected chi connectivity index (χ3v) is 2.81. The molecule has 20 heavy (non-hydrogen) atoms. The molecule has 0 saturated heterocycles. The van der Waals surface area contributed by atoms with E-state index in [1.165, 1.54) is 0 Å². The zero-order valence-electron chi connectivity index (χ0n) is 11.8. The van der Waals surface area contributed by atoms with Gasteiger partial charge in [0, 0.05) is 23.0 Å². The van der Waals surface area contributed by atoms with Crippen molar-refractivity contribution in [3.63, 3.8) is 0 Å². The van der Waals surface area contributed by atoms with Crippen molar-refractivity contribution in [2.45, 2.75) is 13.8 Å². The third-order valence-electron chi connectivity index (χ3n) is 2.81. The summed E-state index contributed by atoms with van der Waals surface area (Å²) in [7, 11) is 5.77. The molecule has 0 amide bonds. The second kappa shape index (κ2) is 6.76. The van der Waals surface area contributed by atoms with E-state index in [-0.39, 0.29) is 0 Å². The van der Waals surface area contributed by atoms with Crippen LogP contribution in [0.25, 0.3) is 10.9 Å². The number of allylic oxidation sites excluding steroid dienone is 5. The van der Waals surface area contributed by atoms with Gasteiger partial charge in [0.25, 0.3) is 0 Å². The first kappa shape index (κ1) is 14.1. The molecule has 3 heteroatoms. The maximum Gasteiger partial charge on any atom is 0.115 e. The Hall–Kier alpha value is -2.29. The topological polar surface area (TPSA) is 24.9 Å². The standard InChI is InChI=1S/C17H17BN2/c1-3-5-7-15(6-4-2)20-16-8-9-17-13(11-16)10-14(18)12-19-17/h3-12,20H,1-2H3/b5-3-,6-4+,15-7+. The molecule has 0 aliphatic rings. The van der Waals surface area contributed by atoms with Crippen LogP contribution in [-0.2, 0) is 0 Å². The van der Waals surface area contributed by atoms with Gasteiger partial charge in [0.15, 0.2) is 0 Å². The molecule has 2 radical (unpaired) electrons. The summed E-state index contributed by atoms with van der Waals surface area (Å²) < 4.78 is 0. The lowest BCUT2D eigenvalue weighted by Crippen LogP contribution is -2.02. The second-order valence-electron chi connectivity index (χ2n) is 4.45.